The van der Waals surface area contributed by atoms with Crippen molar-refractivity contribution in [3.8, 4) is 5.75 Å². The molecule has 17 heavy (non-hydrogen) atoms. The number of benzene rings is 1. The van der Waals surface area contributed by atoms with E-state index < -0.39 is 0 Å². The lowest BCUT2D eigenvalue weighted by atomic mass is 10.0. The lowest BCUT2D eigenvalue weighted by molar-refractivity contribution is -0.114. The minimum Gasteiger partial charge on any atom is -0.497 e. The summed E-state index contributed by atoms with van der Waals surface area (Å²) in [5.41, 5.74) is 2.17. The van der Waals surface area contributed by atoms with Crippen molar-refractivity contribution in [2.75, 3.05) is 18.6 Å². The number of amides is 1. The molecule has 1 aliphatic rings. The molecular formula is C14H17NO2. The molecule has 3 nitrogen and oxygen atoms in total. The van der Waals surface area contributed by atoms with Gasteiger partial charge in [-0.2, -0.15) is 0 Å². The van der Waals surface area contributed by atoms with Gasteiger partial charge in [0, 0.05) is 18.3 Å². The van der Waals surface area contributed by atoms with Crippen molar-refractivity contribution in [2.24, 2.45) is 0 Å². The third-order valence-electron chi connectivity index (χ3n) is 3.09. The molecule has 0 aromatic heterocycles. The van der Waals surface area contributed by atoms with Crippen molar-refractivity contribution in [3.05, 3.63) is 35.9 Å². The summed E-state index contributed by atoms with van der Waals surface area (Å²) in [6.45, 7) is 2.85. The summed E-state index contributed by atoms with van der Waals surface area (Å²) in [7, 11) is 1.64. The Balaban J connectivity index is 2.18. The van der Waals surface area contributed by atoms with E-state index in [1.165, 1.54) is 5.57 Å². The third kappa shape index (κ3) is 2.49. The first-order valence-electron chi connectivity index (χ1n) is 5.89. The van der Waals surface area contributed by atoms with Crippen LogP contribution in [0.5, 0.6) is 5.75 Å². The van der Waals surface area contributed by atoms with Crippen LogP contribution >= 0.6 is 0 Å². The Hall–Kier alpha value is -1.77. The van der Waals surface area contributed by atoms with Crippen LogP contribution in [0.15, 0.2) is 35.9 Å². The summed E-state index contributed by atoms with van der Waals surface area (Å²) >= 11 is 0. The number of hydrogen-bond donors (Lipinski definition) is 0. The summed E-state index contributed by atoms with van der Waals surface area (Å²) in [4.78, 5) is 13.7. The zero-order valence-electron chi connectivity index (χ0n) is 10.3. The summed E-state index contributed by atoms with van der Waals surface area (Å²) in [5.74, 6) is 0.890. The SMILES string of the molecule is CCC1=CC(=O)N(c2ccc(OC)cc2)CC1. The van der Waals surface area contributed by atoms with E-state index in [9.17, 15) is 4.79 Å². The number of rotatable bonds is 3. The van der Waals surface area contributed by atoms with E-state index in [-0.39, 0.29) is 5.91 Å². The van der Waals surface area contributed by atoms with Gasteiger partial charge in [-0.3, -0.25) is 4.79 Å². The molecule has 0 aliphatic carbocycles. The van der Waals surface area contributed by atoms with Gasteiger partial charge in [0.05, 0.1) is 7.11 Å². The van der Waals surface area contributed by atoms with E-state index >= 15 is 0 Å². The highest BCUT2D eigenvalue weighted by molar-refractivity contribution is 6.02. The largest absolute Gasteiger partial charge is 0.497 e. The molecule has 1 aliphatic heterocycles. The van der Waals surface area contributed by atoms with Gasteiger partial charge in [-0.05, 0) is 37.1 Å². The van der Waals surface area contributed by atoms with Gasteiger partial charge in [-0.25, -0.2) is 0 Å². The fourth-order valence-corrected chi connectivity index (χ4v) is 1.99. The van der Waals surface area contributed by atoms with Gasteiger partial charge in [0.25, 0.3) is 5.91 Å². The third-order valence-corrected chi connectivity index (χ3v) is 3.09. The average Bonchev–Trinajstić information content (AvgIpc) is 2.39. The summed E-state index contributed by atoms with van der Waals surface area (Å²) in [6.07, 6.45) is 3.68. The van der Waals surface area contributed by atoms with Crippen LogP contribution in [0.2, 0.25) is 0 Å². The van der Waals surface area contributed by atoms with Gasteiger partial charge in [-0.1, -0.05) is 12.5 Å². The van der Waals surface area contributed by atoms with Crippen molar-refractivity contribution in [1.29, 1.82) is 0 Å². The van der Waals surface area contributed by atoms with E-state index in [4.69, 9.17) is 4.74 Å². The number of carbonyl (C=O) groups excluding carboxylic acids is 1. The fraction of sp³-hybridized carbons (Fsp3) is 0.357. The fourth-order valence-electron chi connectivity index (χ4n) is 1.99. The van der Waals surface area contributed by atoms with Crippen molar-refractivity contribution >= 4 is 11.6 Å². The molecule has 1 heterocycles. The van der Waals surface area contributed by atoms with Gasteiger partial charge < -0.3 is 9.64 Å². The molecule has 1 aromatic rings. The molecule has 0 N–H and O–H groups in total. The van der Waals surface area contributed by atoms with Crippen LogP contribution in [0.4, 0.5) is 5.69 Å². The summed E-state index contributed by atoms with van der Waals surface area (Å²) < 4.78 is 5.10. The van der Waals surface area contributed by atoms with E-state index in [1.54, 1.807) is 18.1 Å². The molecular weight excluding hydrogens is 214 g/mol. The Labute approximate surface area is 102 Å². The maximum Gasteiger partial charge on any atom is 0.250 e. The van der Waals surface area contributed by atoms with Crippen LogP contribution in [-0.4, -0.2) is 19.6 Å². The van der Waals surface area contributed by atoms with E-state index in [0.717, 1.165) is 30.8 Å². The molecule has 90 valence electrons. The van der Waals surface area contributed by atoms with E-state index in [1.807, 2.05) is 24.3 Å². The average molecular weight is 231 g/mol. The number of nitrogens with zero attached hydrogens (tertiary/aromatic N) is 1. The standard InChI is InChI=1S/C14H17NO2/c1-3-11-8-9-15(14(16)10-11)12-4-6-13(17-2)7-5-12/h4-7,10H,3,8-9H2,1-2H3. The first-order valence-corrected chi connectivity index (χ1v) is 5.89. The second-order valence-corrected chi connectivity index (χ2v) is 4.09. The maximum atomic E-state index is 11.9. The molecule has 2 rings (SSSR count). The molecule has 3 heteroatoms. The van der Waals surface area contributed by atoms with Crippen molar-refractivity contribution < 1.29 is 9.53 Å². The summed E-state index contributed by atoms with van der Waals surface area (Å²) in [6, 6.07) is 7.59. The molecule has 1 aromatic carbocycles. The van der Waals surface area contributed by atoms with Crippen LogP contribution in [-0.2, 0) is 4.79 Å². The second-order valence-electron chi connectivity index (χ2n) is 4.09. The topological polar surface area (TPSA) is 29.5 Å². The Bertz CT molecular complexity index is 434. The van der Waals surface area contributed by atoms with Crippen LogP contribution in [0.3, 0.4) is 0 Å². The van der Waals surface area contributed by atoms with Gasteiger partial charge in [0.1, 0.15) is 5.75 Å². The van der Waals surface area contributed by atoms with Crippen molar-refractivity contribution in [3.63, 3.8) is 0 Å². The van der Waals surface area contributed by atoms with Gasteiger partial charge in [0.2, 0.25) is 0 Å². The highest BCUT2D eigenvalue weighted by atomic mass is 16.5. The first-order chi connectivity index (χ1) is 8.24. The minimum absolute atomic E-state index is 0.0817. The van der Waals surface area contributed by atoms with E-state index in [0.29, 0.717) is 0 Å². The van der Waals surface area contributed by atoms with E-state index in [2.05, 4.69) is 6.92 Å². The molecule has 0 atom stereocenters. The normalized spacial score (nSPS) is 15.8. The van der Waals surface area contributed by atoms with Gasteiger partial charge in [0.15, 0.2) is 0 Å². The van der Waals surface area contributed by atoms with Crippen LogP contribution < -0.4 is 9.64 Å². The van der Waals surface area contributed by atoms with Crippen LogP contribution in [0, 0.1) is 0 Å². The molecule has 0 saturated heterocycles. The molecule has 0 spiro atoms. The van der Waals surface area contributed by atoms with Crippen molar-refractivity contribution in [1.82, 2.24) is 0 Å². The number of anilines is 1. The lowest BCUT2D eigenvalue weighted by Gasteiger charge is -2.26. The zero-order valence-corrected chi connectivity index (χ0v) is 10.3. The maximum absolute atomic E-state index is 11.9. The highest BCUT2D eigenvalue weighted by Gasteiger charge is 2.18. The monoisotopic (exact) mass is 231 g/mol. The lowest BCUT2D eigenvalue weighted by Crippen LogP contribution is -2.33. The summed E-state index contributed by atoms with van der Waals surface area (Å²) in [5, 5.41) is 0. The molecule has 0 fully saturated rings. The van der Waals surface area contributed by atoms with Crippen LogP contribution in [0.1, 0.15) is 19.8 Å². The van der Waals surface area contributed by atoms with Crippen molar-refractivity contribution in [2.45, 2.75) is 19.8 Å². The number of methoxy groups -OCH3 is 1. The second kappa shape index (κ2) is 5.04. The predicted octanol–water partition coefficient (Wildman–Crippen LogP) is 2.77. The quantitative estimate of drug-likeness (QED) is 0.800. The minimum atomic E-state index is 0.0817. The molecule has 0 unspecified atom stereocenters. The molecule has 0 bridgehead atoms. The highest BCUT2D eigenvalue weighted by Crippen LogP contribution is 2.23. The first kappa shape index (κ1) is 11.7. The smallest absolute Gasteiger partial charge is 0.250 e. The van der Waals surface area contributed by atoms with Gasteiger partial charge >= 0.3 is 0 Å². The zero-order chi connectivity index (χ0) is 12.3. The molecule has 0 saturated carbocycles. The van der Waals surface area contributed by atoms with Crippen LogP contribution in [0.25, 0.3) is 0 Å². The molecule has 1 amide bonds. The predicted molar refractivity (Wildman–Crippen MR) is 68.3 cm³/mol. The number of ether oxygens (including phenoxy) is 1. The number of carbonyl (C=O) groups is 1. The number of hydrogen-bond acceptors (Lipinski definition) is 2. The van der Waals surface area contributed by atoms with Gasteiger partial charge in [-0.15, -0.1) is 0 Å². The Morgan fingerprint density at radius 1 is 1.29 bits per heavy atom. The Morgan fingerprint density at radius 3 is 2.53 bits per heavy atom. The molecule has 0 radical (unpaired) electrons. The Kier molecular flexibility index (Phi) is 3.47. The Morgan fingerprint density at radius 2 is 2.00 bits per heavy atom.